The number of ether oxygens (including phenoxy) is 2. The van der Waals surface area contributed by atoms with Crippen molar-refractivity contribution in [3.8, 4) is 11.5 Å². The number of benzene rings is 2. The quantitative estimate of drug-likeness (QED) is 0.557. The van der Waals surface area contributed by atoms with Gasteiger partial charge in [-0.1, -0.05) is 35.9 Å². The molecule has 0 saturated heterocycles. The molecule has 0 bridgehead atoms. The van der Waals surface area contributed by atoms with E-state index in [2.05, 4.69) is 30.4 Å². The van der Waals surface area contributed by atoms with E-state index in [0.717, 1.165) is 29.0 Å². The second-order valence-electron chi connectivity index (χ2n) is 6.62. The molecule has 1 atom stereocenters. The van der Waals surface area contributed by atoms with Crippen LogP contribution in [0.4, 0.5) is 4.39 Å². The molecule has 1 aliphatic rings. The lowest BCUT2D eigenvalue weighted by molar-refractivity contribution is 0.393. The molecule has 0 heterocycles. The van der Waals surface area contributed by atoms with Gasteiger partial charge in [0.15, 0.2) is 0 Å². The third-order valence-corrected chi connectivity index (χ3v) is 4.81. The number of methoxy groups -OCH3 is 2. The van der Waals surface area contributed by atoms with Crippen molar-refractivity contribution in [2.45, 2.75) is 31.6 Å². The summed E-state index contributed by atoms with van der Waals surface area (Å²) in [7, 11) is 3.34. The van der Waals surface area contributed by atoms with Crippen LogP contribution >= 0.6 is 0 Å². The molecule has 3 heteroatoms. The van der Waals surface area contributed by atoms with Crippen molar-refractivity contribution in [1.82, 2.24) is 0 Å². The summed E-state index contributed by atoms with van der Waals surface area (Å²) in [5.74, 6) is 1.58. The topological polar surface area (TPSA) is 18.5 Å². The van der Waals surface area contributed by atoms with Gasteiger partial charge in [-0.05, 0) is 61.1 Å². The van der Waals surface area contributed by atoms with Gasteiger partial charge in [0.1, 0.15) is 17.3 Å². The van der Waals surface area contributed by atoms with Gasteiger partial charge in [-0.3, -0.25) is 0 Å². The third kappa shape index (κ3) is 4.75. The average Bonchev–Trinajstić information content (AvgIpc) is 3.19. The van der Waals surface area contributed by atoms with Crippen LogP contribution in [0.25, 0.3) is 6.08 Å². The molecular weight excluding hydrogens is 327 g/mol. The van der Waals surface area contributed by atoms with Gasteiger partial charge in [-0.15, -0.1) is 0 Å². The maximum atomic E-state index is 13.1. The zero-order chi connectivity index (χ0) is 18.4. The SMILES string of the molecule is COc1cc(OC)cc(C(/C=C/c2ccc(F)cc2)CC2=CCCC2)c1. The van der Waals surface area contributed by atoms with Crippen LogP contribution in [0.15, 0.2) is 60.2 Å². The maximum Gasteiger partial charge on any atom is 0.123 e. The van der Waals surface area contributed by atoms with Gasteiger partial charge in [0.25, 0.3) is 0 Å². The van der Waals surface area contributed by atoms with Gasteiger partial charge >= 0.3 is 0 Å². The van der Waals surface area contributed by atoms with Crippen molar-refractivity contribution in [3.05, 3.63) is 77.1 Å². The summed E-state index contributed by atoms with van der Waals surface area (Å²) in [4.78, 5) is 0. The Hall–Kier alpha value is -2.55. The molecule has 26 heavy (non-hydrogen) atoms. The van der Waals surface area contributed by atoms with Crippen molar-refractivity contribution in [1.29, 1.82) is 0 Å². The van der Waals surface area contributed by atoms with E-state index in [1.807, 2.05) is 6.07 Å². The highest BCUT2D eigenvalue weighted by atomic mass is 19.1. The molecule has 1 aliphatic carbocycles. The summed E-state index contributed by atoms with van der Waals surface area (Å²) in [5, 5.41) is 0. The zero-order valence-electron chi connectivity index (χ0n) is 15.4. The molecule has 2 nitrogen and oxygen atoms in total. The van der Waals surface area contributed by atoms with E-state index >= 15 is 0 Å². The van der Waals surface area contributed by atoms with Gasteiger partial charge in [-0.25, -0.2) is 4.39 Å². The molecule has 0 spiro atoms. The minimum absolute atomic E-state index is 0.215. The van der Waals surface area contributed by atoms with Crippen LogP contribution in [0.3, 0.4) is 0 Å². The van der Waals surface area contributed by atoms with E-state index in [9.17, 15) is 4.39 Å². The Labute approximate surface area is 155 Å². The van der Waals surface area contributed by atoms with Gasteiger partial charge in [0, 0.05) is 12.0 Å². The van der Waals surface area contributed by atoms with Crippen molar-refractivity contribution in [3.63, 3.8) is 0 Å². The molecule has 0 aromatic heterocycles. The number of hydrogen-bond donors (Lipinski definition) is 0. The molecule has 0 amide bonds. The summed E-state index contributed by atoms with van der Waals surface area (Å²) < 4.78 is 24.0. The van der Waals surface area contributed by atoms with Crippen LogP contribution in [0.5, 0.6) is 11.5 Å². The van der Waals surface area contributed by atoms with E-state index in [1.165, 1.54) is 37.0 Å². The average molecular weight is 352 g/mol. The van der Waals surface area contributed by atoms with Gasteiger partial charge < -0.3 is 9.47 Å². The molecule has 2 aromatic carbocycles. The first kappa shape index (κ1) is 18.2. The van der Waals surface area contributed by atoms with Crippen LogP contribution in [-0.4, -0.2) is 14.2 Å². The van der Waals surface area contributed by atoms with E-state index in [4.69, 9.17) is 9.47 Å². The number of halogens is 1. The Bertz CT molecular complexity index is 768. The Morgan fingerprint density at radius 3 is 2.31 bits per heavy atom. The van der Waals surface area contributed by atoms with Crippen LogP contribution in [0.2, 0.25) is 0 Å². The van der Waals surface area contributed by atoms with Crippen molar-refractivity contribution < 1.29 is 13.9 Å². The fourth-order valence-corrected chi connectivity index (χ4v) is 3.35. The standard InChI is InChI=1S/C23H25FO2/c1-25-22-14-20(15-23(16-22)26-2)19(13-18-5-3-4-6-18)10-7-17-8-11-21(24)12-9-17/h5,7-12,14-16,19H,3-4,6,13H2,1-2H3/b10-7+. The van der Waals surface area contributed by atoms with Crippen molar-refractivity contribution in [2.75, 3.05) is 14.2 Å². The summed E-state index contributed by atoms with van der Waals surface area (Å²) in [6.07, 6.45) is 11.2. The summed E-state index contributed by atoms with van der Waals surface area (Å²) in [6.45, 7) is 0. The first-order chi connectivity index (χ1) is 12.7. The lowest BCUT2D eigenvalue weighted by atomic mass is 9.90. The zero-order valence-corrected chi connectivity index (χ0v) is 15.4. The first-order valence-corrected chi connectivity index (χ1v) is 9.02. The highest BCUT2D eigenvalue weighted by Crippen LogP contribution is 2.35. The molecule has 0 fully saturated rings. The van der Waals surface area contributed by atoms with Crippen molar-refractivity contribution >= 4 is 6.08 Å². The lowest BCUT2D eigenvalue weighted by Gasteiger charge is -2.17. The lowest BCUT2D eigenvalue weighted by Crippen LogP contribution is -1.99. The molecule has 1 unspecified atom stereocenters. The van der Waals surface area contributed by atoms with Crippen LogP contribution in [0, 0.1) is 5.82 Å². The molecule has 0 aliphatic heterocycles. The summed E-state index contributed by atoms with van der Waals surface area (Å²) >= 11 is 0. The van der Waals surface area contributed by atoms with E-state index < -0.39 is 0 Å². The van der Waals surface area contributed by atoms with Gasteiger partial charge in [0.05, 0.1) is 14.2 Å². The van der Waals surface area contributed by atoms with Crippen LogP contribution in [0.1, 0.15) is 42.7 Å². The smallest absolute Gasteiger partial charge is 0.123 e. The van der Waals surface area contributed by atoms with Gasteiger partial charge in [0.2, 0.25) is 0 Å². The predicted molar refractivity (Wildman–Crippen MR) is 104 cm³/mol. The fourth-order valence-electron chi connectivity index (χ4n) is 3.35. The Morgan fingerprint density at radius 2 is 1.73 bits per heavy atom. The molecule has 0 N–H and O–H groups in total. The fraction of sp³-hybridized carbons (Fsp3) is 0.304. The monoisotopic (exact) mass is 352 g/mol. The highest BCUT2D eigenvalue weighted by Gasteiger charge is 2.15. The first-order valence-electron chi connectivity index (χ1n) is 9.02. The van der Waals surface area contributed by atoms with E-state index in [1.54, 1.807) is 26.4 Å². The molecular formula is C23H25FO2. The van der Waals surface area contributed by atoms with Crippen LogP contribution in [-0.2, 0) is 0 Å². The van der Waals surface area contributed by atoms with E-state index in [0.29, 0.717) is 0 Å². The number of allylic oxidation sites excluding steroid dienone is 3. The van der Waals surface area contributed by atoms with Crippen LogP contribution < -0.4 is 9.47 Å². The maximum absolute atomic E-state index is 13.1. The van der Waals surface area contributed by atoms with Gasteiger partial charge in [-0.2, -0.15) is 0 Å². The number of rotatable bonds is 7. The number of hydrogen-bond acceptors (Lipinski definition) is 2. The highest BCUT2D eigenvalue weighted by molar-refractivity contribution is 5.52. The molecule has 3 rings (SSSR count). The normalized spacial score (nSPS) is 15.1. The second kappa shape index (κ2) is 8.70. The predicted octanol–water partition coefficient (Wildman–Crippen LogP) is 6.14. The second-order valence-corrected chi connectivity index (χ2v) is 6.62. The Balaban J connectivity index is 1.90. The Kier molecular flexibility index (Phi) is 6.11. The minimum Gasteiger partial charge on any atom is -0.497 e. The summed E-state index contributed by atoms with van der Waals surface area (Å²) in [6, 6.07) is 12.6. The molecule has 0 saturated carbocycles. The van der Waals surface area contributed by atoms with Crippen molar-refractivity contribution in [2.24, 2.45) is 0 Å². The third-order valence-electron chi connectivity index (χ3n) is 4.81. The summed E-state index contributed by atoms with van der Waals surface area (Å²) in [5.41, 5.74) is 3.65. The largest absolute Gasteiger partial charge is 0.497 e. The molecule has 0 radical (unpaired) electrons. The van der Waals surface area contributed by atoms with E-state index in [-0.39, 0.29) is 11.7 Å². The Morgan fingerprint density at radius 1 is 1.04 bits per heavy atom. The molecule has 136 valence electrons. The minimum atomic E-state index is -0.215. The molecule has 2 aromatic rings.